The molecule has 2 N–H and O–H groups in total. The molecule has 5 aromatic carbocycles. The Morgan fingerprint density at radius 2 is 1.49 bits per heavy atom. The number of carbonyl (C=O) groups excluding carboxylic acids is 3. The van der Waals surface area contributed by atoms with Gasteiger partial charge in [0.25, 0.3) is 5.91 Å². The molecule has 0 aliphatic carbocycles. The zero-order chi connectivity index (χ0) is 33.3. The average Bonchev–Trinajstić information content (AvgIpc) is 3.57. The molecule has 0 spiro atoms. The van der Waals surface area contributed by atoms with Crippen LogP contribution in [0.1, 0.15) is 43.9 Å². The highest BCUT2D eigenvalue weighted by molar-refractivity contribution is 7.53. The van der Waals surface area contributed by atoms with E-state index in [1.165, 1.54) is 35.2 Å². The molecule has 1 aliphatic rings. The van der Waals surface area contributed by atoms with Crippen molar-refractivity contribution in [2.75, 3.05) is 20.1 Å². The monoisotopic (exact) mass is 650 g/mol. The second-order valence-electron chi connectivity index (χ2n) is 11.7. The number of fused-ring (bicyclic) bond motifs is 2. The van der Waals surface area contributed by atoms with Crippen LogP contribution in [0.25, 0.3) is 27.6 Å². The normalized spacial score (nSPS) is 15.7. The number of carbonyl (C=O) groups is 3. The van der Waals surface area contributed by atoms with Gasteiger partial charge in [0.1, 0.15) is 11.5 Å². The van der Waals surface area contributed by atoms with Crippen LogP contribution in [0.15, 0.2) is 109 Å². The number of halogens is 1. The summed E-state index contributed by atoms with van der Waals surface area (Å²) >= 11 is 0. The first-order chi connectivity index (χ1) is 22.5. The van der Waals surface area contributed by atoms with Crippen molar-refractivity contribution in [2.24, 2.45) is 0 Å². The summed E-state index contributed by atoms with van der Waals surface area (Å²) in [5.74, 6) is -1.97. The molecule has 6 rings (SSSR count). The zero-order valence-corrected chi connectivity index (χ0v) is 26.4. The molecular weight excluding hydrogens is 618 g/mol. The second-order valence-corrected chi connectivity index (χ2v) is 13.4. The smallest absolute Gasteiger partial charge is 0.337 e. The summed E-state index contributed by atoms with van der Waals surface area (Å²) in [6, 6.07) is 27.7. The van der Waals surface area contributed by atoms with E-state index in [1.54, 1.807) is 96.9 Å². The topological polar surface area (TPSA) is 115 Å². The fraction of sp³-hybridized carbons (Fsp3) is 0.162. The third kappa shape index (κ3) is 6.65. The summed E-state index contributed by atoms with van der Waals surface area (Å²) in [5, 5.41) is 2.58. The van der Waals surface area contributed by atoms with Gasteiger partial charge in [0.2, 0.25) is 5.91 Å². The lowest BCUT2D eigenvalue weighted by atomic mass is 9.92. The van der Waals surface area contributed by atoms with E-state index in [9.17, 15) is 33.1 Å². The second kappa shape index (κ2) is 13.0. The van der Waals surface area contributed by atoms with Crippen molar-refractivity contribution in [2.45, 2.75) is 18.1 Å². The first kappa shape index (κ1) is 32.0. The van der Waals surface area contributed by atoms with Gasteiger partial charge in [-0.2, -0.15) is 0 Å². The van der Waals surface area contributed by atoms with Gasteiger partial charge in [-0.05, 0) is 69.4 Å². The minimum atomic E-state index is -5.07. The van der Waals surface area contributed by atoms with Crippen molar-refractivity contribution in [1.29, 1.82) is 0 Å². The number of benzene rings is 5. The SMILES string of the molecule is CN(C(=O)c1cc2ccccc2cc1C(=O)C(c1cccc2ccccc12)P(=O)(O)O)C1CCN(C(=O)C=Cc2ccc(F)cc2)C1. The highest BCUT2D eigenvalue weighted by Gasteiger charge is 2.41. The van der Waals surface area contributed by atoms with E-state index in [-0.39, 0.29) is 41.0 Å². The zero-order valence-electron chi connectivity index (χ0n) is 25.5. The highest BCUT2D eigenvalue weighted by Crippen LogP contribution is 2.55. The van der Waals surface area contributed by atoms with E-state index >= 15 is 0 Å². The van der Waals surface area contributed by atoms with Crippen LogP contribution in [0.3, 0.4) is 0 Å². The van der Waals surface area contributed by atoms with Gasteiger partial charge in [0.05, 0.1) is 11.6 Å². The minimum absolute atomic E-state index is 0.0240. The van der Waals surface area contributed by atoms with E-state index in [1.807, 2.05) is 0 Å². The Morgan fingerprint density at radius 1 is 0.872 bits per heavy atom. The number of likely N-dealkylation sites (N-methyl/N-ethyl adjacent to an activating group) is 1. The van der Waals surface area contributed by atoms with Crippen LogP contribution in [0.4, 0.5) is 4.39 Å². The number of hydrogen-bond donors (Lipinski definition) is 2. The van der Waals surface area contributed by atoms with E-state index in [2.05, 4.69) is 0 Å². The number of Topliss-reactive ketones (excluding diaryl/α,β-unsaturated/α-hetero) is 1. The number of nitrogens with zero attached hydrogens (tertiary/aromatic N) is 2. The summed E-state index contributed by atoms with van der Waals surface area (Å²) in [7, 11) is -3.47. The highest BCUT2D eigenvalue weighted by atomic mass is 31.2. The molecule has 0 bridgehead atoms. The van der Waals surface area contributed by atoms with Crippen LogP contribution in [-0.2, 0) is 9.36 Å². The van der Waals surface area contributed by atoms with E-state index in [4.69, 9.17) is 0 Å². The molecular formula is C37H32FN2O6P. The Labute approximate surface area is 270 Å². The summed E-state index contributed by atoms with van der Waals surface area (Å²) in [6.45, 7) is 0.659. The Kier molecular flexibility index (Phi) is 8.88. The van der Waals surface area contributed by atoms with E-state index < -0.39 is 24.9 Å². The molecule has 2 unspecified atom stereocenters. The van der Waals surface area contributed by atoms with Crippen molar-refractivity contribution in [3.05, 3.63) is 137 Å². The van der Waals surface area contributed by atoms with Crippen molar-refractivity contribution in [1.82, 2.24) is 9.80 Å². The predicted octanol–water partition coefficient (Wildman–Crippen LogP) is 6.62. The van der Waals surface area contributed by atoms with Gasteiger partial charge in [-0.15, -0.1) is 0 Å². The number of likely N-dealkylation sites (tertiary alicyclic amines) is 1. The van der Waals surface area contributed by atoms with Crippen LogP contribution in [0.2, 0.25) is 0 Å². The summed E-state index contributed by atoms with van der Waals surface area (Å²) < 4.78 is 26.3. The van der Waals surface area contributed by atoms with Gasteiger partial charge in [0, 0.05) is 31.8 Å². The largest absolute Gasteiger partial charge is 0.340 e. The third-order valence-electron chi connectivity index (χ3n) is 8.72. The number of amides is 2. The maximum Gasteiger partial charge on any atom is 0.340 e. The summed E-state index contributed by atoms with van der Waals surface area (Å²) in [4.78, 5) is 65.7. The first-order valence-corrected chi connectivity index (χ1v) is 16.8. The van der Waals surface area contributed by atoms with Gasteiger partial charge >= 0.3 is 7.60 Å². The summed E-state index contributed by atoms with van der Waals surface area (Å²) in [6.07, 6.45) is 3.51. The molecule has 1 fully saturated rings. The van der Waals surface area contributed by atoms with Crippen LogP contribution in [0.5, 0.6) is 0 Å². The Morgan fingerprint density at radius 3 is 2.17 bits per heavy atom. The first-order valence-electron chi connectivity index (χ1n) is 15.1. The van der Waals surface area contributed by atoms with Gasteiger partial charge in [-0.1, -0.05) is 78.9 Å². The fourth-order valence-electron chi connectivity index (χ4n) is 6.19. The molecule has 1 heterocycles. The molecule has 2 amide bonds. The number of rotatable bonds is 8. The number of ketones is 1. The van der Waals surface area contributed by atoms with Crippen LogP contribution in [0, 0.1) is 5.82 Å². The number of hydrogen-bond acceptors (Lipinski definition) is 4. The quantitative estimate of drug-likeness (QED) is 0.111. The Hall–Kier alpha value is -4.95. The molecule has 10 heteroatoms. The summed E-state index contributed by atoms with van der Waals surface area (Å²) in [5.41, 5.74) is -1.04. The molecule has 0 saturated carbocycles. The maximum atomic E-state index is 14.4. The standard InChI is InChI=1S/C37H32FN2O6P/c1-39(29-19-20-40(23-29)34(41)18-15-24-13-16-28(38)17-14-24)37(43)33-22-27-9-3-2-8-26(27)21-32(33)35(42)36(47(44,45)46)31-12-6-10-25-7-4-5-11-30(25)31/h2-18,21-22,29,36H,19-20,23H2,1H3,(H2,44,45,46). The van der Waals surface area contributed by atoms with Crippen molar-refractivity contribution in [3.8, 4) is 0 Å². The van der Waals surface area contributed by atoms with Gasteiger partial charge in [-0.3, -0.25) is 18.9 Å². The Balaban J connectivity index is 1.32. The van der Waals surface area contributed by atoms with Crippen LogP contribution in [-0.4, -0.2) is 63.4 Å². The van der Waals surface area contributed by atoms with E-state index in [0.29, 0.717) is 34.7 Å². The lowest BCUT2D eigenvalue weighted by molar-refractivity contribution is -0.125. The molecule has 2 atom stereocenters. The molecule has 5 aromatic rings. The van der Waals surface area contributed by atoms with Crippen LogP contribution < -0.4 is 0 Å². The molecule has 1 aliphatic heterocycles. The lowest BCUT2D eigenvalue weighted by Gasteiger charge is -2.27. The molecule has 8 nitrogen and oxygen atoms in total. The third-order valence-corrected chi connectivity index (χ3v) is 9.90. The van der Waals surface area contributed by atoms with Crippen molar-refractivity contribution >= 4 is 52.8 Å². The van der Waals surface area contributed by atoms with Crippen molar-refractivity contribution < 1.29 is 33.1 Å². The lowest BCUT2D eigenvalue weighted by Crippen LogP contribution is -2.40. The molecule has 47 heavy (non-hydrogen) atoms. The molecule has 0 radical (unpaired) electrons. The Bertz CT molecular complexity index is 2090. The van der Waals surface area contributed by atoms with Gasteiger partial charge in [-0.25, -0.2) is 4.39 Å². The minimum Gasteiger partial charge on any atom is -0.337 e. The average molecular weight is 651 g/mol. The van der Waals surface area contributed by atoms with Gasteiger partial charge in [0.15, 0.2) is 5.78 Å². The molecule has 1 saturated heterocycles. The molecule has 238 valence electrons. The fourth-order valence-corrected chi connectivity index (χ4v) is 7.23. The van der Waals surface area contributed by atoms with Crippen LogP contribution >= 0.6 is 7.60 Å². The predicted molar refractivity (Wildman–Crippen MR) is 180 cm³/mol. The van der Waals surface area contributed by atoms with Gasteiger partial charge < -0.3 is 19.6 Å². The molecule has 0 aromatic heterocycles. The van der Waals surface area contributed by atoms with Crippen molar-refractivity contribution in [3.63, 3.8) is 0 Å². The maximum absolute atomic E-state index is 14.4. The van der Waals surface area contributed by atoms with E-state index in [0.717, 1.165) is 5.39 Å².